The van der Waals surface area contributed by atoms with E-state index in [1.807, 2.05) is 30.1 Å². The fourth-order valence-corrected chi connectivity index (χ4v) is 5.21. The molecule has 0 spiro atoms. The van der Waals surface area contributed by atoms with Crippen LogP contribution in [0.1, 0.15) is 63.2 Å². The molecule has 2 saturated carbocycles. The third kappa shape index (κ3) is 5.23. The molecule has 0 saturated heterocycles. The van der Waals surface area contributed by atoms with E-state index in [1.165, 1.54) is 0 Å². The minimum Gasteiger partial charge on any atom is -0.382 e. The van der Waals surface area contributed by atoms with Gasteiger partial charge >= 0.3 is 0 Å². The van der Waals surface area contributed by atoms with Gasteiger partial charge in [-0.05, 0) is 69.5 Å². The van der Waals surface area contributed by atoms with Crippen LogP contribution in [-0.4, -0.2) is 56.5 Å². The van der Waals surface area contributed by atoms with Gasteiger partial charge in [0.05, 0.1) is 23.4 Å². The third-order valence-corrected chi connectivity index (χ3v) is 7.83. The first-order valence-corrected chi connectivity index (χ1v) is 13.0. The van der Waals surface area contributed by atoms with Crippen molar-refractivity contribution in [3.8, 4) is 11.3 Å². The highest BCUT2D eigenvalue weighted by Gasteiger charge is 2.31. The minimum atomic E-state index is -0.374. The first-order chi connectivity index (χ1) is 17.4. The molecule has 0 bridgehead atoms. The van der Waals surface area contributed by atoms with Gasteiger partial charge in [-0.15, -0.1) is 0 Å². The number of aromatic amines is 2. The molecule has 2 aliphatic carbocycles. The summed E-state index contributed by atoms with van der Waals surface area (Å²) in [4.78, 5) is 35.7. The molecule has 10 nitrogen and oxygen atoms in total. The van der Waals surface area contributed by atoms with Crippen LogP contribution >= 0.6 is 0 Å². The molecule has 2 amide bonds. The number of carbonyl (C=O) groups is 2. The van der Waals surface area contributed by atoms with Gasteiger partial charge in [0.15, 0.2) is 5.82 Å². The Kier molecular flexibility index (Phi) is 6.95. The van der Waals surface area contributed by atoms with Crippen molar-refractivity contribution in [3.05, 3.63) is 30.2 Å². The summed E-state index contributed by atoms with van der Waals surface area (Å²) < 4.78 is 0. The number of H-pyrrole nitrogens is 2. The lowest BCUT2D eigenvalue weighted by atomic mass is 9.81. The SMILES string of the molecule is CN(C(=O)CC[C@H](NC(=O)C1CCC(CN)CC1)c1ncc(-c2ccc3c(N)n[nH]c3c2)[nH]1)C1CC1. The second-order valence-corrected chi connectivity index (χ2v) is 10.3. The number of nitrogens with zero attached hydrogens (tertiary/aromatic N) is 3. The number of amides is 2. The molecule has 0 radical (unpaired) electrons. The predicted octanol–water partition coefficient (Wildman–Crippen LogP) is 2.86. The van der Waals surface area contributed by atoms with Crippen LogP contribution in [0.2, 0.25) is 0 Å². The van der Waals surface area contributed by atoms with Crippen molar-refractivity contribution < 1.29 is 9.59 Å². The fourth-order valence-electron chi connectivity index (χ4n) is 5.21. The summed E-state index contributed by atoms with van der Waals surface area (Å²) in [5.74, 6) is 1.74. The Balaban J connectivity index is 1.32. The zero-order valence-corrected chi connectivity index (χ0v) is 20.8. The largest absolute Gasteiger partial charge is 0.382 e. The van der Waals surface area contributed by atoms with E-state index >= 15 is 0 Å². The predicted molar refractivity (Wildman–Crippen MR) is 138 cm³/mol. The molecule has 36 heavy (non-hydrogen) atoms. The lowest BCUT2D eigenvalue weighted by Crippen LogP contribution is -2.37. The Hall–Kier alpha value is -3.40. The van der Waals surface area contributed by atoms with Gasteiger partial charge in [-0.2, -0.15) is 5.10 Å². The molecule has 192 valence electrons. The van der Waals surface area contributed by atoms with E-state index in [0.717, 1.165) is 60.7 Å². The lowest BCUT2D eigenvalue weighted by molar-refractivity contribution is -0.131. The van der Waals surface area contributed by atoms with Crippen molar-refractivity contribution in [2.75, 3.05) is 19.3 Å². The molecular weight excluding hydrogens is 456 g/mol. The summed E-state index contributed by atoms with van der Waals surface area (Å²) in [6.45, 7) is 0.680. The molecule has 2 aliphatic rings. The zero-order chi connectivity index (χ0) is 25.2. The molecule has 10 heteroatoms. The van der Waals surface area contributed by atoms with Gasteiger partial charge in [0.25, 0.3) is 0 Å². The Morgan fingerprint density at radius 1 is 1.19 bits per heavy atom. The second kappa shape index (κ2) is 10.3. The van der Waals surface area contributed by atoms with E-state index in [1.54, 1.807) is 6.20 Å². The summed E-state index contributed by atoms with van der Waals surface area (Å²) in [5.41, 5.74) is 14.3. The molecule has 2 aromatic heterocycles. The van der Waals surface area contributed by atoms with E-state index < -0.39 is 0 Å². The molecule has 7 N–H and O–H groups in total. The summed E-state index contributed by atoms with van der Waals surface area (Å²) in [6.07, 6.45) is 8.41. The highest BCUT2D eigenvalue weighted by Crippen LogP contribution is 2.31. The Morgan fingerprint density at radius 3 is 2.69 bits per heavy atom. The van der Waals surface area contributed by atoms with Gasteiger partial charge in [-0.3, -0.25) is 14.7 Å². The van der Waals surface area contributed by atoms with Crippen molar-refractivity contribution in [2.24, 2.45) is 17.6 Å². The van der Waals surface area contributed by atoms with Gasteiger partial charge in [0.2, 0.25) is 11.8 Å². The molecule has 0 unspecified atom stereocenters. The fraction of sp³-hybridized carbons (Fsp3) is 0.538. The summed E-state index contributed by atoms with van der Waals surface area (Å²) in [6, 6.07) is 5.84. The van der Waals surface area contributed by atoms with Gasteiger partial charge in [0, 0.05) is 36.4 Å². The zero-order valence-electron chi connectivity index (χ0n) is 20.8. The third-order valence-electron chi connectivity index (χ3n) is 7.83. The highest BCUT2D eigenvalue weighted by molar-refractivity contribution is 5.91. The van der Waals surface area contributed by atoms with E-state index in [9.17, 15) is 9.59 Å². The number of imidazole rings is 1. The number of anilines is 1. The van der Waals surface area contributed by atoms with Gasteiger partial charge < -0.3 is 26.7 Å². The van der Waals surface area contributed by atoms with Crippen LogP contribution < -0.4 is 16.8 Å². The maximum absolute atomic E-state index is 13.2. The average Bonchev–Trinajstić information content (AvgIpc) is 3.52. The van der Waals surface area contributed by atoms with Gasteiger partial charge in [-0.1, -0.05) is 6.07 Å². The minimum absolute atomic E-state index is 0.0252. The lowest BCUT2D eigenvalue weighted by Gasteiger charge is -2.28. The summed E-state index contributed by atoms with van der Waals surface area (Å²) in [7, 11) is 1.87. The molecule has 1 atom stereocenters. The van der Waals surface area contributed by atoms with E-state index in [2.05, 4.69) is 25.5 Å². The molecule has 5 rings (SSSR count). The van der Waals surface area contributed by atoms with E-state index in [4.69, 9.17) is 11.5 Å². The average molecular weight is 493 g/mol. The highest BCUT2D eigenvalue weighted by atomic mass is 16.2. The Bertz CT molecular complexity index is 1220. The standard InChI is InChI=1S/C26H36N8O2/c1-34(18-7-8-18)23(35)11-10-20(31-26(36)16-4-2-15(13-27)3-5-16)25-29-14-22(30-25)17-6-9-19-21(12-17)32-33-24(19)28/h6,9,12,14-16,18,20H,2-5,7-8,10-11,13,27H2,1H3,(H,29,30)(H,31,36)(H3,28,32,33)/t15?,16?,20-/m0/s1. The number of aromatic nitrogens is 4. The van der Waals surface area contributed by atoms with Crippen LogP contribution in [0.4, 0.5) is 5.82 Å². The van der Waals surface area contributed by atoms with E-state index in [0.29, 0.717) is 43.0 Å². The first-order valence-electron chi connectivity index (χ1n) is 13.0. The quantitative estimate of drug-likeness (QED) is 0.309. The van der Waals surface area contributed by atoms with Crippen molar-refractivity contribution >= 4 is 28.5 Å². The van der Waals surface area contributed by atoms with Gasteiger partial charge in [0.1, 0.15) is 5.82 Å². The van der Waals surface area contributed by atoms with Crippen LogP contribution in [0.25, 0.3) is 22.2 Å². The first kappa shape index (κ1) is 24.3. The van der Waals surface area contributed by atoms with Crippen molar-refractivity contribution in [3.63, 3.8) is 0 Å². The van der Waals surface area contributed by atoms with Crippen LogP contribution in [0.3, 0.4) is 0 Å². The number of nitrogens with one attached hydrogen (secondary N) is 3. The Labute approximate surface area is 210 Å². The smallest absolute Gasteiger partial charge is 0.223 e. The normalized spacial score (nSPS) is 20.8. The number of nitrogen functional groups attached to an aromatic ring is 1. The molecular formula is C26H36N8O2. The summed E-state index contributed by atoms with van der Waals surface area (Å²) in [5, 5.41) is 11.1. The van der Waals surface area contributed by atoms with Gasteiger partial charge in [-0.25, -0.2) is 4.98 Å². The van der Waals surface area contributed by atoms with Crippen LogP contribution in [0.15, 0.2) is 24.4 Å². The van der Waals surface area contributed by atoms with Crippen LogP contribution in [0, 0.1) is 11.8 Å². The number of nitrogens with two attached hydrogens (primary N) is 2. The number of hydrogen-bond donors (Lipinski definition) is 5. The van der Waals surface area contributed by atoms with Crippen molar-refractivity contribution in [1.29, 1.82) is 0 Å². The number of hydrogen-bond acceptors (Lipinski definition) is 6. The molecule has 1 aromatic carbocycles. The topological polar surface area (TPSA) is 159 Å². The van der Waals surface area contributed by atoms with Crippen LogP contribution in [0.5, 0.6) is 0 Å². The molecule has 2 heterocycles. The van der Waals surface area contributed by atoms with E-state index in [-0.39, 0.29) is 23.8 Å². The monoisotopic (exact) mass is 492 g/mol. The maximum atomic E-state index is 13.2. The maximum Gasteiger partial charge on any atom is 0.223 e. The second-order valence-electron chi connectivity index (χ2n) is 10.3. The summed E-state index contributed by atoms with van der Waals surface area (Å²) >= 11 is 0. The number of rotatable bonds is 9. The molecule has 0 aliphatic heterocycles. The molecule has 2 fully saturated rings. The number of fused-ring (bicyclic) bond motifs is 1. The van der Waals surface area contributed by atoms with Crippen molar-refractivity contribution in [1.82, 2.24) is 30.4 Å². The van der Waals surface area contributed by atoms with Crippen LogP contribution in [-0.2, 0) is 9.59 Å². The number of benzene rings is 1. The molecule has 3 aromatic rings. The Morgan fingerprint density at radius 2 is 1.97 bits per heavy atom. The number of carbonyl (C=O) groups excluding carboxylic acids is 2. The van der Waals surface area contributed by atoms with Crippen molar-refractivity contribution in [2.45, 2.75) is 63.5 Å².